The lowest BCUT2D eigenvalue weighted by molar-refractivity contribution is -0.155. The molecule has 2 aliphatic heterocycles. The van der Waals surface area contributed by atoms with E-state index < -0.39 is 5.41 Å². The molecule has 3 heterocycles. The summed E-state index contributed by atoms with van der Waals surface area (Å²) in [6.45, 7) is 10.0. The van der Waals surface area contributed by atoms with Gasteiger partial charge in [-0.15, -0.1) is 0 Å². The van der Waals surface area contributed by atoms with Crippen molar-refractivity contribution < 1.29 is 9.59 Å². The molecule has 0 spiro atoms. The van der Waals surface area contributed by atoms with Crippen molar-refractivity contribution >= 4 is 17.6 Å². The predicted molar refractivity (Wildman–Crippen MR) is 102 cm³/mol. The van der Waals surface area contributed by atoms with Gasteiger partial charge in [0.05, 0.1) is 0 Å². The summed E-state index contributed by atoms with van der Waals surface area (Å²) in [5, 5.41) is 0. The van der Waals surface area contributed by atoms with E-state index in [1.54, 1.807) is 20.0 Å². The van der Waals surface area contributed by atoms with Crippen molar-refractivity contribution in [1.29, 1.82) is 0 Å². The van der Waals surface area contributed by atoms with Crippen LogP contribution in [0.15, 0.2) is 24.4 Å². The predicted octanol–water partition coefficient (Wildman–Crippen LogP) is 2.01. The van der Waals surface area contributed by atoms with Gasteiger partial charge in [0, 0.05) is 45.5 Å². The fraction of sp³-hybridized carbons (Fsp3) is 0.650. The highest BCUT2D eigenvalue weighted by Crippen LogP contribution is 2.27. The third-order valence-electron chi connectivity index (χ3n) is 5.55. The van der Waals surface area contributed by atoms with Crippen LogP contribution in [0, 0.1) is 11.3 Å². The van der Waals surface area contributed by atoms with Crippen molar-refractivity contribution in [2.75, 3.05) is 44.2 Å². The molecule has 2 aliphatic rings. The van der Waals surface area contributed by atoms with Crippen molar-refractivity contribution in [2.45, 2.75) is 33.6 Å². The van der Waals surface area contributed by atoms with Gasteiger partial charge in [0.1, 0.15) is 11.2 Å². The van der Waals surface area contributed by atoms with Gasteiger partial charge in [-0.3, -0.25) is 9.59 Å². The van der Waals surface area contributed by atoms with Gasteiger partial charge in [-0.25, -0.2) is 4.98 Å². The minimum Gasteiger partial charge on any atom is -0.353 e. The molecule has 26 heavy (non-hydrogen) atoms. The van der Waals surface area contributed by atoms with Crippen LogP contribution in [0.5, 0.6) is 0 Å². The minimum atomic E-state index is -0.996. The summed E-state index contributed by atoms with van der Waals surface area (Å²) in [7, 11) is 0. The van der Waals surface area contributed by atoms with Gasteiger partial charge >= 0.3 is 0 Å². The summed E-state index contributed by atoms with van der Waals surface area (Å²) < 4.78 is 0. The SMILES string of the molecule is CC1CCCN(C(=O)C(C)(C)C(=O)N2CCN(c3ccccn3)CC2)C1. The average Bonchev–Trinajstić information content (AvgIpc) is 2.67. The van der Waals surface area contributed by atoms with E-state index in [9.17, 15) is 9.59 Å². The van der Waals surface area contributed by atoms with Crippen LogP contribution in [0.4, 0.5) is 5.82 Å². The number of carbonyl (C=O) groups is 2. The Morgan fingerprint density at radius 3 is 2.35 bits per heavy atom. The summed E-state index contributed by atoms with van der Waals surface area (Å²) >= 11 is 0. The van der Waals surface area contributed by atoms with Crippen molar-refractivity contribution in [3.8, 4) is 0 Å². The van der Waals surface area contributed by atoms with Crippen LogP contribution >= 0.6 is 0 Å². The number of anilines is 1. The Kier molecular flexibility index (Phi) is 5.49. The number of nitrogens with zero attached hydrogens (tertiary/aromatic N) is 4. The number of carbonyl (C=O) groups excluding carboxylic acids is 2. The van der Waals surface area contributed by atoms with E-state index >= 15 is 0 Å². The molecule has 1 atom stereocenters. The summed E-state index contributed by atoms with van der Waals surface area (Å²) in [5.41, 5.74) is -0.996. The van der Waals surface area contributed by atoms with Gasteiger partial charge < -0.3 is 14.7 Å². The van der Waals surface area contributed by atoms with E-state index in [0.717, 1.165) is 44.8 Å². The van der Waals surface area contributed by atoms with Gasteiger partial charge in [0.15, 0.2) is 0 Å². The van der Waals surface area contributed by atoms with E-state index in [-0.39, 0.29) is 11.8 Å². The number of piperazine rings is 1. The Hall–Kier alpha value is -2.11. The zero-order valence-electron chi connectivity index (χ0n) is 16.1. The van der Waals surface area contributed by atoms with Gasteiger partial charge in [0.25, 0.3) is 0 Å². The Morgan fingerprint density at radius 1 is 1.04 bits per heavy atom. The van der Waals surface area contributed by atoms with Crippen molar-refractivity contribution in [3.63, 3.8) is 0 Å². The molecule has 0 aromatic carbocycles. The smallest absolute Gasteiger partial charge is 0.237 e. The number of hydrogen-bond donors (Lipinski definition) is 0. The van der Waals surface area contributed by atoms with Crippen LogP contribution in [0.25, 0.3) is 0 Å². The maximum Gasteiger partial charge on any atom is 0.237 e. The van der Waals surface area contributed by atoms with Gasteiger partial charge in [0.2, 0.25) is 11.8 Å². The Labute approximate surface area is 156 Å². The summed E-state index contributed by atoms with van der Waals surface area (Å²) in [4.78, 5) is 36.4. The van der Waals surface area contributed by atoms with Gasteiger partial charge in [-0.05, 0) is 44.7 Å². The van der Waals surface area contributed by atoms with E-state index in [4.69, 9.17) is 0 Å². The largest absolute Gasteiger partial charge is 0.353 e. The first kappa shape index (κ1) is 18.7. The zero-order valence-corrected chi connectivity index (χ0v) is 16.1. The standard InChI is InChI=1S/C20H30N4O2/c1-16-7-6-10-24(15-16)19(26)20(2,3)18(25)23-13-11-22(12-14-23)17-8-4-5-9-21-17/h4-5,8-9,16H,6-7,10-15H2,1-3H3. The van der Waals surface area contributed by atoms with Crippen LogP contribution in [-0.2, 0) is 9.59 Å². The molecule has 142 valence electrons. The molecule has 1 aromatic rings. The summed E-state index contributed by atoms with van der Waals surface area (Å²) in [5.74, 6) is 1.38. The lowest BCUT2D eigenvalue weighted by Crippen LogP contribution is -2.57. The topological polar surface area (TPSA) is 56.8 Å². The maximum atomic E-state index is 13.1. The third-order valence-corrected chi connectivity index (χ3v) is 5.55. The monoisotopic (exact) mass is 358 g/mol. The van der Waals surface area contributed by atoms with Crippen LogP contribution in [0.2, 0.25) is 0 Å². The molecule has 2 amide bonds. The average molecular weight is 358 g/mol. The molecule has 6 heteroatoms. The molecular weight excluding hydrogens is 328 g/mol. The normalized spacial score (nSPS) is 21.7. The second-order valence-corrected chi connectivity index (χ2v) is 8.09. The highest BCUT2D eigenvalue weighted by molar-refractivity contribution is 6.04. The molecule has 3 rings (SSSR count). The Balaban J connectivity index is 1.60. The quantitative estimate of drug-likeness (QED) is 0.776. The second kappa shape index (κ2) is 7.64. The highest BCUT2D eigenvalue weighted by Gasteiger charge is 2.43. The molecule has 0 saturated carbocycles. The number of piperidine rings is 1. The number of rotatable bonds is 3. The third kappa shape index (κ3) is 3.84. The summed E-state index contributed by atoms with van der Waals surface area (Å²) in [6.07, 6.45) is 3.97. The second-order valence-electron chi connectivity index (χ2n) is 8.09. The molecule has 2 saturated heterocycles. The van der Waals surface area contributed by atoms with Gasteiger partial charge in [-0.2, -0.15) is 0 Å². The Bertz CT molecular complexity index is 638. The zero-order chi connectivity index (χ0) is 18.7. The fourth-order valence-electron chi connectivity index (χ4n) is 3.94. The highest BCUT2D eigenvalue weighted by atomic mass is 16.2. The molecule has 1 aromatic heterocycles. The first-order chi connectivity index (χ1) is 12.4. The van der Waals surface area contributed by atoms with Crippen LogP contribution in [-0.4, -0.2) is 65.9 Å². The van der Waals surface area contributed by atoms with Crippen molar-refractivity contribution in [2.24, 2.45) is 11.3 Å². The lowest BCUT2D eigenvalue weighted by Gasteiger charge is -2.41. The first-order valence-electron chi connectivity index (χ1n) is 9.64. The molecule has 0 aliphatic carbocycles. The van der Waals surface area contributed by atoms with Crippen molar-refractivity contribution in [3.05, 3.63) is 24.4 Å². The molecule has 0 N–H and O–H groups in total. The summed E-state index contributed by atoms with van der Waals surface area (Å²) in [6, 6.07) is 5.86. The van der Waals surface area contributed by atoms with E-state index in [0.29, 0.717) is 19.0 Å². The number of pyridine rings is 1. The maximum absolute atomic E-state index is 13.1. The van der Waals surface area contributed by atoms with Gasteiger partial charge in [-0.1, -0.05) is 13.0 Å². The lowest BCUT2D eigenvalue weighted by atomic mass is 9.87. The number of likely N-dealkylation sites (tertiary alicyclic amines) is 1. The van der Waals surface area contributed by atoms with Crippen molar-refractivity contribution in [1.82, 2.24) is 14.8 Å². The molecule has 1 unspecified atom stereocenters. The Morgan fingerprint density at radius 2 is 1.73 bits per heavy atom. The number of amides is 2. The van der Waals surface area contributed by atoms with Crippen LogP contribution < -0.4 is 4.90 Å². The molecule has 2 fully saturated rings. The molecule has 0 bridgehead atoms. The first-order valence-corrected chi connectivity index (χ1v) is 9.64. The minimum absolute atomic E-state index is 0.0267. The molecular formula is C20H30N4O2. The van der Waals surface area contributed by atoms with E-state index in [1.807, 2.05) is 28.0 Å². The van der Waals surface area contributed by atoms with Crippen LogP contribution in [0.1, 0.15) is 33.6 Å². The molecule has 6 nitrogen and oxygen atoms in total. The van der Waals surface area contributed by atoms with Crippen LogP contribution in [0.3, 0.4) is 0 Å². The van der Waals surface area contributed by atoms with E-state index in [1.165, 1.54) is 0 Å². The van der Waals surface area contributed by atoms with E-state index in [2.05, 4.69) is 16.8 Å². The number of hydrogen-bond acceptors (Lipinski definition) is 4. The fourth-order valence-corrected chi connectivity index (χ4v) is 3.94. The molecule has 0 radical (unpaired) electrons. The number of aromatic nitrogens is 1.